The van der Waals surface area contributed by atoms with Crippen LogP contribution in [0.2, 0.25) is 5.02 Å². The van der Waals surface area contributed by atoms with Gasteiger partial charge in [0.05, 0.1) is 47.5 Å². The molecule has 14 nitrogen and oxygen atoms in total. The van der Waals surface area contributed by atoms with Crippen LogP contribution in [0.1, 0.15) is 66.4 Å². The zero-order valence-electron chi connectivity index (χ0n) is 34.3. The van der Waals surface area contributed by atoms with Gasteiger partial charge in [-0.05, 0) is 104 Å². The first-order chi connectivity index (χ1) is 30.0. The van der Waals surface area contributed by atoms with Crippen molar-refractivity contribution in [1.82, 2.24) is 19.6 Å². The van der Waals surface area contributed by atoms with E-state index in [9.17, 15) is 23.3 Å². The van der Waals surface area contributed by atoms with Crippen LogP contribution in [0, 0.1) is 15.5 Å². The summed E-state index contributed by atoms with van der Waals surface area (Å²) in [5.41, 5.74) is 6.14. The molecule has 16 heteroatoms. The first kappa shape index (κ1) is 42.0. The molecule has 1 saturated carbocycles. The maximum absolute atomic E-state index is 13.9. The van der Waals surface area contributed by atoms with E-state index in [-0.39, 0.29) is 29.5 Å². The number of nitro groups is 1. The molecule has 4 heterocycles. The molecule has 1 spiro atoms. The van der Waals surface area contributed by atoms with E-state index in [2.05, 4.69) is 36.6 Å². The maximum Gasteiger partial charge on any atom is 0.273 e. The van der Waals surface area contributed by atoms with E-state index in [0.717, 1.165) is 67.7 Å². The molecular formula is C46H49ClN6O8S. The molecule has 2 N–H and O–H groups in total. The monoisotopic (exact) mass is 880 g/mol. The summed E-state index contributed by atoms with van der Waals surface area (Å²) in [6.45, 7) is 5.38. The molecular weight excluding hydrogens is 832 g/mol. The number of allylic oxidation sites excluding steroid dienone is 1. The van der Waals surface area contributed by atoms with Crippen molar-refractivity contribution in [2.24, 2.45) is 5.41 Å². The predicted molar refractivity (Wildman–Crippen MR) is 236 cm³/mol. The van der Waals surface area contributed by atoms with Crippen molar-refractivity contribution in [3.8, 4) is 11.5 Å². The number of piperazine rings is 1. The minimum Gasteiger partial charge on any atom is -0.455 e. The van der Waals surface area contributed by atoms with Crippen LogP contribution in [0.5, 0.6) is 11.5 Å². The normalized spacial score (nSPS) is 19.4. The number of hydrogen-bond acceptors (Lipinski definition) is 11. The summed E-state index contributed by atoms with van der Waals surface area (Å²) < 4.78 is 46.9. The number of ether oxygens (including phenoxy) is 3. The minimum absolute atomic E-state index is 0.0332. The Hall–Kier alpha value is -5.32. The molecule has 62 heavy (non-hydrogen) atoms. The topological polar surface area (TPSA) is 169 Å². The molecule has 2 aliphatic carbocycles. The highest BCUT2D eigenvalue weighted by Gasteiger charge is 2.41. The molecule has 5 aromatic rings. The van der Waals surface area contributed by atoms with Gasteiger partial charge < -0.3 is 24.1 Å². The third-order valence-electron chi connectivity index (χ3n) is 12.9. The summed E-state index contributed by atoms with van der Waals surface area (Å²) in [7, 11) is -4.55. The number of rotatable bonds is 13. The summed E-state index contributed by atoms with van der Waals surface area (Å²) in [5.74, 6) is -0.461. The van der Waals surface area contributed by atoms with Crippen LogP contribution in [0.3, 0.4) is 0 Å². The van der Waals surface area contributed by atoms with E-state index in [1.807, 2.05) is 18.2 Å². The lowest BCUT2D eigenvalue weighted by atomic mass is 9.59. The lowest BCUT2D eigenvalue weighted by Gasteiger charge is -2.47. The Morgan fingerprint density at radius 2 is 1.84 bits per heavy atom. The van der Waals surface area contributed by atoms with Gasteiger partial charge in [0.2, 0.25) is 0 Å². The summed E-state index contributed by atoms with van der Waals surface area (Å²) in [6, 6.07) is 20.7. The van der Waals surface area contributed by atoms with Crippen LogP contribution in [-0.2, 0) is 25.9 Å². The van der Waals surface area contributed by atoms with Crippen LogP contribution in [0.4, 0.5) is 11.4 Å². The van der Waals surface area contributed by atoms with Crippen LogP contribution in [-0.4, -0.2) is 92.8 Å². The standard InChI is InChI=1S/C46H49ClN6O8S/c47-35-6-2-31(3-7-35)41-27-46(14-1-15-46)16-12-34(41)29-51-18-20-52(21-19-51)36-8-11-40(43(25-36)61-38-24-33-13-17-48-44(33)49-28-38)45(54)50-62(57,58)39-10-5-32(42(26-39)53(55)56)4-9-37-30-59-22-23-60-37/h2-3,5-8,10-11,13,17,24-26,28,37H,1,4,9,12,14-16,18-23,27,29-30H2,(H,48,49)(H,50,54). The molecule has 4 aliphatic rings. The number of sulfonamides is 1. The van der Waals surface area contributed by atoms with Gasteiger partial charge in [0.1, 0.15) is 17.1 Å². The van der Waals surface area contributed by atoms with E-state index in [4.69, 9.17) is 25.8 Å². The largest absolute Gasteiger partial charge is 0.455 e. The quantitative estimate of drug-likeness (QED) is 0.0862. The highest BCUT2D eigenvalue weighted by molar-refractivity contribution is 7.90. The smallest absolute Gasteiger partial charge is 0.273 e. The van der Waals surface area contributed by atoms with Gasteiger partial charge in [-0.1, -0.05) is 41.8 Å². The minimum atomic E-state index is -4.55. The average Bonchev–Trinajstić information content (AvgIpc) is 3.74. The molecule has 324 valence electrons. The fourth-order valence-corrected chi connectivity index (χ4v) is 10.4. The van der Waals surface area contributed by atoms with Gasteiger partial charge in [-0.25, -0.2) is 18.1 Å². The molecule has 2 saturated heterocycles. The Balaban J connectivity index is 0.926. The van der Waals surface area contributed by atoms with Crippen molar-refractivity contribution < 1.29 is 32.3 Å². The molecule has 0 bridgehead atoms. The SMILES string of the molecule is O=C(NS(=O)(=O)c1ccc(CCC2COCCO2)c([N+](=O)[O-])c1)c1ccc(N2CCN(CC3=C(c4ccc(Cl)cc4)CC4(CCC4)CC3)CC2)cc1Oc1cnc2[nH]ccc2c1. The number of hydrogen-bond donors (Lipinski definition) is 2. The molecule has 1 amide bonds. The van der Waals surface area contributed by atoms with Gasteiger partial charge in [0.15, 0.2) is 0 Å². The second kappa shape index (κ2) is 17.8. The molecule has 3 fully saturated rings. The van der Waals surface area contributed by atoms with E-state index in [0.29, 0.717) is 48.6 Å². The number of benzene rings is 3. The number of anilines is 1. The number of nitro benzene ring substituents is 1. The van der Waals surface area contributed by atoms with Gasteiger partial charge in [0, 0.05) is 72.7 Å². The van der Waals surface area contributed by atoms with E-state index in [1.165, 1.54) is 60.7 Å². The fourth-order valence-electron chi connectivity index (χ4n) is 9.25. The first-order valence-corrected chi connectivity index (χ1v) is 23.1. The van der Waals surface area contributed by atoms with Crippen LogP contribution < -0.4 is 14.4 Å². The molecule has 2 aromatic heterocycles. The Bertz CT molecular complexity index is 2620. The second-order valence-electron chi connectivity index (χ2n) is 16.8. The van der Waals surface area contributed by atoms with Gasteiger partial charge >= 0.3 is 0 Å². The van der Waals surface area contributed by atoms with Crippen LogP contribution in [0.25, 0.3) is 16.6 Å². The maximum atomic E-state index is 13.9. The van der Waals surface area contributed by atoms with Gasteiger partial charge in [-0.2, -0.15) is 0 Å². The Labute approximate surface area is 365 Å². The predicted octanol–water partition coefficient (Wildman–Crippen LogP) is 8.31. The van der Waals surface area contributed by atoms with Gasteiger partial charge in [0.25, 0.3) is 21.6 Å². The number of nitrogens with one attached hydrogen (secondary N) is 2. The number of carbonyl (C=O) groups excluding carboxylic acids is 1. The summed E-state index contributed by atoms with van der Waals surface area (Å²) >= 11 is 6.28. The third kappa shape index (κ3) is 9.23. The molecule has 1 atom stereocenters. The van der Waals surface area contributed by atoms with E-state index in [1.54, 1.807) is 30.5 Å². The molecule has 1 unspecified atom stereocenters. The van der Waals surface area contributed by atoms with Crippen molar-refractivity contribution in [2.45, 2.75) is 62.4 Å². The zero-order chi connectivity index (χ0) is 42.8. The number of nitrogens with zero attached hydrogens (tertiary/aromatic N) is 4. The van der Waals surface area contributed by atoms with Crippen molar-refractivity contribution in [1.29, 1.82) is 0 Å². The van der Waals surface area contributed by atoms with Gasteiger partial charge in [-0.15, -0.1) is 0 Å². The fraction of sp³-hybridized carbons (Fsp3) is 0.391. The number of carbonyl (C=O) groups is 1. The van der Waals surface area contributed by atoms with Crippen molar-refractivity contribution in [2.75, 3.05) is 57.4 Å². The summed E-state index contributed by atoms with van der Waals surface area (Å²) in [5, 5.41) is 13.6. The number of aromatic amines is 1. The van der Waals surface area contributed by atoms with E-state index < -0.39 is 25.7 Å². The first-order valence-electron chi connectivity index (χ1n) is 21.2. The summed E-state index contributed by atoms with van der Waals surface area (Å²) in [6.07, 6.45) is 11.2. The van der Waals surface area contributed by atoms with Crippen LogP contribution in [0.15, 0.2) is 95.7 Å². The Kier molecular flexibility index (Phi) is 12.1. The second-order valence-corrected chi connectivity index (χ2v) is 19.0. The highest BCUT2D eigenvalue weighted by Crippen LogP contribution is 2.55. The molecule has 3 aromatic carbocycles. The number of pyridine rings is 1. The van der Waals surface area contributed by atoms with Crippen molar-refractivity contribution in [3.05, 3.63) is 123 Å². The van der Waals surface area contributed by atoms with Crippen molar-refractivity contribution >= 4 is 55.5 Å². The number of halogens is 1. The van der Waals surface area contributed by atoms with E-state index >= 15 is 0 Å². The number of fused-ring (bicyclic) bond motifs is 1. The van der Waals surface area contributed by atoms with Gasteiger partial charge in [-0.3, -0.25) is 19.8 Å². The highest BCUT2D eigenvalue weighted by atomic mass is 35.5. The molecule has 9 rings (SSSR count). The lowest BCUT2D eigenvalue weighted by Crippen LogP contribution is -2.47. The zero-order valence-corrected chi connectivity index (χ0v) is 35.9. The number of aromatic nitrogens is 2. The van der Waals surface area contributed by atoms with Crippen molar-refractivity contribution in [3.63, 3.8) is 0 Å². The Morgan fingerprint density at radius 1 is 1.02 bits per heavy atom. The third-order valence-corrected chi connectivity index (χ3v) is 14.5. The Morgan fingerprint density at radius 3 is 2.58 bits per heavy atom. The number of aryl methyl sites for hydroxylation is 1. The van der Waals surface area contributed by atoms with Crippen LogP contribution >= 0.6 is 11.6 Å². The lowest BCUT2D eigenvalue weighted by molar-refractivity contribution is -0.385. The number of amides is 1. The average molecular weight is 881 g/mol. The molecule has 0 radical (unpaired) electrons. The number of H-pyrrole nitrogens is 1. The molecule has 2 aliphatic heterocycles. The summed E-state index contributed by atoms with van der Waals surface area (Å²) in [4.78, 5) is 37.2.